The standard InChI is InChI=1S/C28H57NSi2/c1-7-23-30(11-5,24-8-2)27-20-18-16-14-13-15-17-19-21-29-22-28-31(12-6,25-9-3)26-10-4/h11-12,22H,5-10,13-21,23-28H2,1-4H3. The molecule has 0 N–H and O–H groups in total. The SMILES string of the molecule is C=C[Si](CC=NCCCCCCCCCC[Si](C=C)(CCC)CCC)(CCC)CCC. The van der Waals surface area contributed by atoms with E-state index in [0.717, 1.165) is 6.54 Å². The number of hydrogen-bond donors (Lipinski definition) is 0. The van der Waals surface area contributed by atoms with Crippen LogP contribution in [-0.4, -0.2) is 28.9 Å². The fraction of sp³-hybridized carbons (Fsp3) is 0.821. The van der Waals surface area contributed by atoms with E-state index in [1.165, 1.54) is 113 Å². The molecular weight excluding hydrogens is 406 g/mol. The molecule has 0 aromatic rings. The van der Waals surface area contributed by atoms with Crippen LogP contribution >= 0.6 is 0 Å². The topological polar surface area (TPSA) is 12.4 Å². The molecule has 0 bridgehead atoms. The highest BCUT2D eigenvalue weighted by atomic mass is 28.3. The second kappa shape index (κ2) is 20.2. The van der Waals surface area contributed by atoms with E-state index in [1.807, 2.05) is 0 Å². The Kier molecular flexibility index (Phi) is 19.9. The summed E-state index contributed by atoms with van der Waals surface area (Å²) in [6.45, 7) is 18.8. The molecule has 0 aliphatic carbocycles. The van der Waals surface area contributed by atoms with Crippen LogP contribution < -0.4 is 0 Å². The van der Waals surface area contributed by atoms with Crippen LogP contribution in [0.15, 0.2) is 29.5 Å². The highest BCUT2D eigenvalue weighted by molar-refractivity contribution is 6.86. The van der Waals surface area contributed by atoms with Crippen LogP contribution in [0.5, 0.6) is 0 Å². The highest BCUT2D eigenvalue weighted by Gasteiger charge is 2.27. The van der Waals surface area contributed by atoms with Crippen LogP contribution in [0.1, 0.15) is 105 Å². The molecule has 31 heavy (non-hydrogen) atoms. The molecule has 0 aliphatic heterocycles. The first-order valence-corrected chi connectivity index (χ1v) is 19.2. The lowest BCUT2D eigenvalue weighted by atomic mass is 10.1. The monoisotopic (exact) mass is 463 g/mol. The summed E-state index contributed by atoms with van der Waals surface area (Å²) >= 11 is 0. The van der Waals surface area contributed by atoms with Gasteiger partial charge in [0.15, 0.2) is 0 Å². The molecule has 0 rings (SSSR count). The zero-order valence-corrected chi connectivity index (χ0v) is 24.0. The Bertz CT molecular complexity index is 446. The summed E-state index contributed by atoms with van der Waals surface area (Å²) in [4.78, 5) is 4.75. The van der Waals surface area contributed by atoms with E-state index in [-0.39, 0.29) is 0 Å². The average Bonchev–Trinajstić information content (AvgIpc) is 2.77. The third-order valence-corrected chi connectivity index (χ3v) is 17.3. The summed E-state index contributed by atoms with van der Waals surface area (Å²) < 4.78 is 0. The zero-order chi connectivity index (χ0) is 23.3. The first-order valence-electron chi connectivity index (χ1n) is 13.8. The molecule has 0 aromatic carbocycles. The van der Waals surface area contributed by atoms with Gasteiger partial charge in [0, 0.05) is 6.54 Å². The second-order valence-corrected chi connectivity index (χ2v) is 19.2. The molecular formula is C28H57NSi2. The second-order valence-electron chi connectivity index (χ2n) is 10.0. The van der Waals surface area contributed by atoms with Crippen LogP contribution in [0.4, 0.5) is 0 Å². The molecule has 0 radical (unpaired) electrons. The molecule has 0 aromatic heterocycles. The highest BCUT2D eigenvalue weighted by Crippen LogP contribution is 2.28. The number of unbranched alkanes of at least 4 members (excludes halogenated alkanes) is 7. The minimum absolute atomic E-state index is 1.03. The first-order chi connectivity index (χ1) is 15.1. The fourth-order valence-corrected chi connectivity index (χ4v) is 13.4. The Morgan fingerprint density at radius 1 is 0.548 bits per heavy atom. The van der Waals surface area contributed by atoms with Gasteiger partial charge in [-0.3, -0.25) is 4.99 Å². The van der Waals surface area contributed by atoms with E-state index in [2.05, 4.69) is 58.5 Å². The quantitative estimate of drug-likeness (QED) is 0.0811. The van der Waals surface area contributed by atoms with Crippen molar-refractivity contribution >= 4 is 22.4 Å². The summed E-state index contributed by atoms with van der Waals surface area (Å²) in [5, 5.41) is 0. The van der Waals surface area contributed by atoms with E-state index >= 15 is 0 Å². The van der Waals surface area contributed by atoms with Crippen molar-refractivity contribution in [1.82, 2.24) is 0 Å². The maximum absolute atomic E-state index is 4.75. The maximum atomic E-state index is 4.75. The number of rotatable bonds is 23. The normalized spacial score (nSPS) is 12.5. The van der Waals surface area contributed by atoms with Crippen molar-refractivity contribution in [2.45, 2.75) is 141 Å². The van der Waals surface area contributed by atoms with Gasteiger partial charge in [0.2, 0.25) is 0 Å². The third kappa shape index (κ3) is 14.4. The van der Waals surface area contributed by atoms with Gasteiger partial charge in [-0.15, -0.1) is 24.6 Å². The fourth-order valence-electron chi connectivity index (χ4n) is 5.37. The Labute approximate surface area is 199 Å². The molecule has 3 heteroatoms. The molecule has 182 valence electrons. The maximum Gasteiger partial charge on any atom is 0.0822 e. The van der Waals surface area contributed by atoms with Crippen molar-refractivity contribution in [2.24, 2.45) is 4.99 Å². The van der Waals surface area contributed by atoms with Crippen LogP contribution in [0, 0.1) is 0 Å². The predicted octanol–water partition coefficient (Wildman–Crippen LogP) is 10.2. The Morgan fingerprint density at radius 2 is 0.968 bits per heavy atom. The van der Waals surface area contributed by atoms with Crippen LogP contribution in [-0.2, 0) is 0 Å². The van der Waals surface area contributed by atoms with Gasteiger partial charge in [0.25, 0.3) is 0 Å². The lowest BCUT2D eigenvalue weighted by Crippen LogP contribution is -2.31. The number of nitrogens with zero attached hydrogens (tertiary/aromatic N) is 1. The largest absolute Gasteiger partial charge is 0.298 e. The first kappa shape index (κ1) is 30.6. The average molecular weight is 464 g/mol. The molecule has 0 unspecified atom stereocenters. The third-order valence-electron chi connectivity index (χ3n) is 7.20. The summed E-state index contributed by atoms with van der Waals surface area (Å²) in [6, 6.07) is 8.38. The van der Waals surface area contributed by atoms with E-state index in [0.29, 0.717) is 0 Å². The van der Waals surface area contributed by atoms with Crippen LogP contribution in [0.2, 0.25) is 36.3 Å². The molecule has 0 aliphatic rings. The lowest BCUT2D eigenvalue weighted by molar-refractivity contribution is 0.577. The van der Waals surface area contributed by atoms with Crippen LogP contribution in [0.25, 0.3) is 0 Å². The molecule has 0 heterocycles. The Morgan fingerprint density at radius 3 is 1.42 bits per heavy atom. The van der Waals surface area contributed by atoms with E-state index < -0.39 is 16.1 Å². The Hall–Kier alpha value is -0.416. The van der Waals surface area contributed by atoms with E-state index in [9.17, 15) is 0 Å². The van der Waals surface area contributed by atoms with Crippen molar-refractivity contribution in [2.75, 3.05) is 6.54 Å². The van der Waals surface area contributed by atoms with Gasteiger partial charge in [-0.2, -0.15) is 0 Å². The number of hydrogen-bond acceptors (Lipinski definition) is 1. The van der Waals surface area contributed by atoms with Gasteiger partial charge >= 0.3 is 0 Å². The van der Waals surface area contributed by atoms with Crippen molar-refractivity contribution < 1.29 is 0 Å². The molecule has 0 saturated carbocycles. The molecule has 0 saturated heterocycles. The minimum Gasteiger partial charge on any atom is -0.298 e. The van der Waals surface area contributed by atoms with Gasteiger partial charge in [0.1, 0.15) is 0 Å². The van der Waals surface area contributed by atoms with Crippen molar-refractivity contribution in [3.8, 4) is 0 Å². The van der Waals surface area contributed by atoms with Crippen molar-refractivity contribution in [1.29, 1.82) is 0 Å². The van der Waals surface area contributed by atoms with Gasteiger partial charge in [0.05, 0.1) is 16.1 Å². The van der Waals surface area contributed by atoms with E-state index in [4.69, 9.17) is 4.99 Å². The summed E-state index contributed by atoms with van der Waals surface area (Å²) in [7, 11) is -2.42. The zero-order valence-electron chi connectivity index (χ0n) is 22.0. The van der Waals surface area contributed by atoms with Crippen molar-refractivity contribution in [3.63, 3.8) is 0 Å². The molecule has 0 atom stereocenters. The summed E-state index contributed by atoms with van der Waals surface area (Å²) in [5.41, 5.74) is 4.74. The molecule has 0 spiro atoms. The molecule has 1 nitrogen and oxygen atoms in total. The predicted molar refractivity (Wildman–Crippen MR) is 152 cm³/mol. The summed E-state index contributed by atoms with van der Waals surface area (Å²) in [6.07, 6.45) is 18.7. The van der Waals surface area contributed by atoms with Gasteiger partial charge < -0.3 is 0 Å². The minimum atomic E-state index is -1.28. The van der Waals surface area contributed by atoms with Gasteiger partial charge in [-0.05, 0) is 18.7 Å². The molecule has 0 fully saturated rings. The van der Waals surface area contributed by atoms with E-state index in [1.54, 1.807) is 0 Å². The van der Waals surface area contributed by atoms with Gasteiger partial charge in [-0.25, -0.2) is 0 Å². The van der Waals surface area contributed by atoms with Crippen molar-refractivity contribution in [3.05, 3.63) is 24.6 Å². The lowest BCUT2D eigenvalue weighted by Gasteiger charge is -2.27. The number of aliphatic imine (C=N–C) groups is 1. The molecule has 0 amide bonds. The Balaban J connectivity index is 3.80. The smallest absolute Gasteiger partial charge is 0.0822 e. The van der Waals surface area contributed by atoms with Crippen LogP contribution in [0.3, 0.4) is 0 Å². The van der Waals surface area contributed by atoms with Gasteiger partial charge in [-0.1, -0.05) is 129 Å². The summed E-state index contributed by atoms with van der Waals surface area (Å²) in [5.74, 6) is 0.